The third-order valence-electron chi connectivity index (χ3n) is 5.23. The molecule has 1 aromatic heterocycles. The average molecular weight is 534 g/mol. The van der Waals surface area contributed by atoms with Crippen molar-refractivity contribution in [1.82, 2.24) is 15.0 Å². The maximum Gasteiger partial charge on any atom is 0.241 e. The molecule has 0 saturated carbocycles. The molecular weight excluding hydrogens is 512 g/mol. The highest BCUT2D eigenvalue weighted by atomic mass is 79.9. The standard InChI is InChI=1S/C22H22Br2N4O2/c1-14-11-18(8-9-19(14)24)25-22(29)16-3-2-10-28(12-16)13-20-26-21(27-30-20)15-4-6-17(23)7-5-15/h4-9,11,16H,2-3,10,12-13H2,1H3,(H,25,29). The zero-order chi connectivity index (χ0) is 21.1. The van der Waals surface area contributed by atoms with Crippen LogP contribution in [0.2, 0.25) is 0 Å². The van der Waals surface area contributed by atoms with E-state index in [-0.39, 0.29) is 11.8 Å². The fourth-order valence-electron chi connectivity index (χ4n) is 3.61. The maximum atomic E-state index is 12.8. The van der Waals surface area contributed by atoms with E-state index < -0.39 is 0 Å². The molecule has 1 unspecified atom stereocenters. The molecule has 8 heteroatoms. The number of hydrogen-bond acceptors (Lipinski definition) is 5. The topological polar surface area (TPSA) is 71.3 Å². The van der Waals surface area contributed by atoms with Gasteiger partial charge in [0.15, 0.2) is 0 Å². The minimum atomic E-state index is -0.0587. The fraction of sp³-hybridized carbons (Fsp3) is 0.318. The Bertz CT molecular complexity index is 1040. The van der Waals surface area contributed by atoms with Gasteiger partial charge in [-0.25, -0.2) is 0 Å². The molecule has 1 aliphatic rings. The van der Waals surface area contributed by atoms with E-state index in [1.54, 1.807) is 0 Å². The van der Waals surface area contributed by atoms with Crippen molar-refractivity contribution in [3.05, 3.63) is 62.9 Å². The molecule has 1 N–H and O–H groups in total. The first kappa shape index (κ1) is 21.2. The molecule has 0 spiro atoms. The summed E-state index contributed by atoms with van der Waals surface area (Å²) in [6.07, 6.45) is 1.84. The van der Waals surface area contributed by atoms with E-state index in [0.29, 0.717) is 24.8 Å². The number of carbonyl (C=O) groups excluding carboxylic acids is 1. The summed E-state index contributed by atoms with van der Waals surface area (Å²) >= 11 is 6.92. The van der Waals surface area contributed by atoms with Crippen LogP contribution >= 0.6 is 31.9 Å². The van der Waals surface area contributed by atoms with Gasteiger partial charge in [-0.1, -0.05) is 37.0 Å². The summed E-state index contributed by atoms with van der Waals surface area (Å²) in [5, 5.41) is 7.15. The molecule has 1 saturated heterocycles. The Morgan fingerprint density at radius 2 is 2.03 bits per heavy atom. The van der Waals surface area contributed by atoms with Crippen molar-refractivity contribution in [3.63, 3.8) is 0 Å². The number of nitrogens with one attached hydrogen (secondary N) is 1. The van der Waals surface area contributed by atoms with Crippen molar-refractivity contribution in [1.29, 1.82) is 0 Å². The van der Waals surface area contributed by atoms with Crippen molar-refractivity contribution in [2.24, 2.45) is 5.92 Å². The number of halogens is 2. The number of rotatable bonds is 5. The van der Waals surface area contributed by atoms with Crippen molar-refractivity contribution in [2.45, 2.75) is 26.3 Å². The first-order valence-electron chi connectivity index (χ1n) is 9.86. The van der Waals surface area contributed by atoms with Crippen LogP contribution in [-0.4, -0.2) is 34.0 Å². The van der Waals surface area contributed by atoms with E-state index in [2.05, 4.69) is 52.2 Å². The van der Waals surface area contributed by atoms with Gasteiger partial charge in [-0.3, -0.25) is 9.69 Å². The lowest BCUT2D eigenvalue weighted by Gasteiger charge is -2.30. The fourth-order valence-corrected chi connectivity index (χ4v) is 4.12. The smallest absolute Gasteiger partial charge is 0.241 e. The highest BCUT2D eigenvalue weighted by molar-refractivity contribution is 9.10. The van der Waals surface area contributed by atoms with Crippen LogP contribution in [0.1, 0.15) is 24.3 Å². The van der Waals surface area contributed by atoms with E-state index in [4.69, 9.17) is 4.52 Å². The average Bonchev–Trinajstić information content (AvgIpc) is 3.20. The number of piperidine rings is 1. The summed E-state index contributed by atoms with van der Waals surface area (Å²) in [4.78, 5) is 19.5. The normalized spacial score (nSPS) is 17.1. The summed E-state index contributed by atoms with van der Waals surface area (Å²) in [5.41, 5.74) is 2.83. The van der Waals surface area contributed by atoms with E-state index in [1.807, 2.05) is 49.4 Å². The number of carbonyl (C=O) groups is 1. The Morgan fingerprint density at radius 1 is 1.23 bits per heavy atom. The molecule has 4 rings (SSSR count). The summed E-state index contributed by atoms with van der Waals surface area (Å²) in [7, 11) is 0. The van der Waals surface area contributed by atoms with Crippen LogP contribution in [0.4, 0.5) is 5.69 Å². The Balaban J connectivity index is 1.36. The van der Waals surface area contributed by atoms with Crippen LogP contribution in [0.15, 0.2) is 55.9 Å². The predicted molar refractivity (Wildman–Crippen MR) is 123 cm³/mol. The molecule has 1 fully saturated rings. The Hall–Kier alpha value is -2.03. The zero-order valence-electron chi connectivity index (χ0n) is 16.6. The lowest BCUT2D eigenvalue weighted by Crippen LogP contribution is -2.40. The van der Waals surface area contributed by atoms with Crippen molar-refractivity contribution in [2.75, 3.05) is 18.4 Å². The van der Waals surface area contributed by atoms with Crippen LogP contribution in [0.3, 0.4) is 0 Å². The van der Waals surface area contributed by atoms with Crippen LogP contribution < -0.4 is 5.32 Å². The lowest BCUT2D eigenvalue weighted by molar-refractivity contribution is -0.121. The summed E-state index contributed by atoms with van der Waals surface area (Å²) < 4.78 is 7.49. The van der Waals surface area contributed by atoms with Gasteiger partial charge in [0, 0.05) is 26.7 Å². The predicted octanol–water partition coefficient (Wildman–Crippen LogP) is 5.42. The third kappa shape index (κ3) is 5.17. The molecule has 1 aliphatic heterocycles. The molecule has 156 valence electrons. The highest BCUT2D eigenvalue weighted by Gasteiger charge is 2.27. The second-order valence-corrected chi connectivity index (χ2v) is 9.32. The first-order chi connectivity index (χ1) is 14.5. The minimum absolute atomic E-state index is 0.0579. The first-order valence-corrected chi connectivity index (χ1v) is 11.4. The Kier molecular flexibility index (Phi) is 6.65. The van der Waals surface area contributed by atoms with E-state index in [0.717, 1.165) is 45.1 Å². The molecule has 1 amide bonds. The Labute approximate surface area is 192 Å². The summed E-state index contributed by atoms with van der Waals surface area (Å²) in [6, 6.07) is 13.6. The molecule has 2 aromatic carbocycles. The third-order valence-corrected chi connectivity index (χ3v) is 6.65. The van der Waals surface area contributed by atoms with E-state index in [1.165, 1.54) is 0 Å². The van der Waals surface area contributed by atoms with E-state index in [9.17, 15) is 4.79 Å². The minimum Gasteiger partial charge on any atom is -0.338 e. The molecule has 2 heterocycles. The van der Waals surface area contributed by atoms with Gasteiger partial charge in [-0.15, -0.1) is 0 Å². The second-order valence-electron chi connectivity index (χ2n) is 7.55. The zero-order valence-corrected chi connectivity index (χ0v) is 19.7. The number of anilines is 1. The number of aromatic nitrogens is 2. The molecule has 6 nitrogen and oxygen atoms in total. The molecule has 0 bridgehead atoms. The van der Waals surface area contributed by atoms with Gasteiger partial charge in [-0.2, -0.15) is 4.98 Å². The largest absolute Gasteiger partial charge is 0.338 e. The SMILES string of the molecule is Cc1cc(NC(=O)C2CCCN(Cc3nc(-c4ccc(Br)cc4)no3)C2)ccc1Br. The summed E-state index contributed by atoms with van der Waals surface area (Å²) in [5.74, 6) is 1.14. The van der Waals surface area contributed by atoms with Crippen LogP contribution in [-0.2, 0) is 11.3 Å². The number of amides is 1. The van der Waals surface area contributed by atoms with Gasteiger partial charge < -0.3 is 9.84 Å². The number of hydrogen-bond donors (Lipinski definition) is 1. The molecule has 1 atom stereocenters. The van der Waals surface area contributed by atoms with Crippen LogP contribution in [0, 0.1) is 12.8 Å². The van der Waals surface area contributed by atoms with Crippen molar-refractivity contribution in [3.8, 4) is 11.4 Å². The molecule has 30 heavy (non-hydrogen) atoms. The second kappa shape index (κ2) is 9.41. The maximum absolute atomic E-state index is 12.8. The van der Waals surface area contributed by atoms with Gasteiger partial charge in [0.2, 0.25) is 17.6 Å². The quantitative estimate of drug-likeness (QED) is 0.474. The van der Waals surface area contributed by atoms with Crippen LogP contribution in [0.25, 0.3) is 11.4 Å². The molecule has 0 radical (unpaired) electrons. The van der Waals surface area contributed by atoms with Crippen molar-refractivity contribution >= 4 is 43.5 Å². The van der Waals surface area contributed by atoms with Gasteiger partial charge in [0.05, 0.1) is 12.5 Å². The number of aryl methyl sites for hydroxylation is 1. The molecular formula is C22H22Br2N4O2. The van der Waals surface area contributed by atoms with Gasteiger partial charge >= 0.3 is 0 Å². The molecule has 3 aromatic rings. The van der Waals surface area contributed by atoms with Gasteiger partial charge in [0.25, 0.3) is 0 Å². The monoisotopic (exact) mass is 532 g/mol. The number of likely N-dealkylation sites (tertiary alicyclic amines) is 1. The van der Waals surface area contributed by atoms with Gasteiger partial charge in [-0.05, 0) is 74.3 Å². The van der Waals surface area contributed by atoms with Crippen LogP contribution in [0.5, 0.6) is 0 Å². The van der Waals surface area contributed by atoms with Gasteiger partial charge in [0.1, 0.15) is 0 Å². The highest BCUT2D eigenvalue weighted by Crippen LogP contribution is 2.24. The lowest BCUT2D eigenvalue weighted by atomic mass is 9.97. The number of nitrogens with zero attached hydrogens (tertiary/aromatic N) is 3. The number of benzene rings is 2. The summed E-state index contributed by atoms with van der Waals surface area (Å²) in [6.45, 7) is 4.15. The molecule has 0 aliphatic carbocycles. The van der Waals surface area contributed by atoms with E-state index >= 15 is 0 Å². The van der Waals surface area contributed by atoms with Crippen molar-refractivity contribution < 1.29 is 9.32 Å². The Morgan fingerprint density at radius 3 is 2.80 bits per heavy atom.